The maximum atomic E-state index is 3.56. The predicted octanol–water partition coefficient (Wildman–Crippen LogP) is 6.37. The number of rotatable bonds is 1. The Morgan fingerprint density at radius 3 is 2.24 bits per heavy atom. The first kappa shape index (κ1) is 15.4. The first-order valence-electron chi connectivity index (χ1n) is 7.83. The van der Waals surface area contributed by atoms with Crippen LogP contribution in [0.2, 0.25) is 0 Å². The minimum Gasteiger partial charge on any atom is -0.355 e. The average Bonchev–Trinajstić information content (AvgIpc) is 2.67. The molecule has 0 amide bonds. The molecule has 1 nitrogen and oxygen atoms in total. The second-order valence-electron chi connectivity index (χ2n) is 5.55. The van der Waals surface area contributed by atoms with Crippen molar-refractivity contribution in [2.75, 3.05) is 5.32 Å². The first-order valence-corrected chi connectivity index (χ1v) is 7.83. The van der Waals surface area contributed by atoms with Gasteiger partial charge in [0.15, 0.2) is 0 Å². The van der Waals surface area contributed by atoms with Gasteiger partial charge in [-0.2, -0.15) is 0 Å². The average molecular weight is 279 g/mol. The van der Waals surface area contributed by atoms with Gasteiger partial charge in [0, 0.05) is 11.4 Å². The second-order valence-corrected chi connectivity index (χ2v) is 5.55. The van der Waals surface area contributed by atoms with Gasteiger partial charge in [-0.15, -0.1) is 0 Å². The Bertz CT molecular complexity index is 651. The van der Waals surface area contributed by atoms with E-state index < -0.39 is 0 Å². The highest BCUT2D eigenvalue weighted by molar-refractivity contribution is 5.87. The molecular formula is C20H25N. The molecule has 0 saturated carbocycles. The molecule has 1 aliphatic rings. The molecule has 1 heteroatoms. The van der Waals surface area contributed by atoms with Crippen LogP contribution in [0.5, 0.6) is 0 Å². The van der Waals surface area contributed by atoms with Crippen molar-refractivity contribution in [2.24, 2.45) is 0 Å². The SMILES string of the molecule is CC.Cc1ccc2c(c1)C=Cc1ccc(C(C)C)cc1N2. The molecule has 0 unspecified atom stereocenters. The third kappa shape index (κ3) is 3.36. The van der Waals surface area contributed by atoms with E-state index in [4.69, 9.17) is 0 Å². The molecule has 1 N–H and O–H groups in total. The van der Waals surface area contributed by atoms with Gasteiger partial charge in [0.05, 0.1) is 0 Å². The monoisotopic (exact) mass is 279 g/mol. The van der Waals surface area contributed by atoms with E-state index in [2.05, 4.69) is 74.6 Å². The summed E-state index contributed by atoms with van der Waals surface area (Å²) in [7, 11) is 0. The van der Waals surface area contributed by atoms with E-state index in [0.29, 0.717) is 5.92 Å². The highest BCUT2D eigenvalue weighted by atomic mass is 14.9. The molecule has 0 aliphatic carbocycles. The van der Waals surface area contributed by atoms with Crippen molar-refractivity contribution >= 4 is 23.5 Å². The van der Waals surface area contributed by atoms with E-state index in [9.17, 15) is 0 Å². The maximum Gasteiger partial charge on any atom is 0.0460 e. The van der Waals surface area contributed by atoms with Crippen LogP contribution in [0.1, 0.15) is 55.9 Å². The smallest absolute Gasteiger partial charge is 0.0460 e. The molecule has 0 bridgehead atoms. The van der Waals surface area contributed by atoms with Crippen molar-refractivity contribution in [1.82, 2.24) is 0 Å². The molecule has 0 aromatic heterocycles. The molecule has 2 aromatic carbocycles. The van der Waals surface area contributed by atoms with Gasteiger partial charge in [-0.1, -0.05) is 63.6 Å². The van der Waals surface area contributed by atoms with Crippen LogP contribution in [-0.2, 0) is 0 Å². The van der Waals surface area contributed by atoms with Gasteiger partial charge < -0.3 is 5.32 Å². The van der Waals surface area contributed by atoms with Crippen molar-refractivity contribution in [1.29, 1.82) is 0 Å². The van der Waals surface area contributed by atoms with Gasteiger partial charge in [0.25, 0.3) is 0 Å². The van der Waals surface area contributed by atoms with Gasteiger partial charge >= 0.3 is 0 Å². The summed E-state index contributed by atoms with van der Waals surface area (Å²) in [6.45, 7) is 10.6. The first-order chi connectivity index (χ1) is 10.1. The molecule has 0 radical (unpaired) electrons. The van der Waals surface area contributed by atoms with Crippen LogP contribution in [0, 0.1) is 6.92 Å². The lowest BCUT2D eigenvalue weighted by Gasteiger charge is -2.13. The lowest BCUT2D eigenvalue weighted by molar-refractivity contribution is 0.867. The molecule has 3 rings (SSSR count). The van der Waals surface area contributed by atoms with Crippen LogP contribution in [0.15, 0.2) is 36.4 Å². The van der Waals surface area contributed by atoms with Crippen LogP contribution >= 0.6 is 0 Å². The Balaban J connectivity index is 0.000000774. The van der Waals surface area contributed by atoms with Crippen LogP contribution in [-0.4, -0.2) is 0 Å². The Labute approximate surface area is 128 Å². The fraction of sp³-hybridized carbons (Fsp3) is 0.300. The second kappa shape index (κ2) is 6.62. The summed E-state index contributed by atoms with van der Waals surface area (Å²) in [5.41, 5.74) is 7.54. The highest BCUT2D eigenvalue weighted by Gasteiger charge is 2.10. The normalized spacial score (nSPS) is 11.7. The summed E-state index contributed by atoms with van der Waals surface area (Å²) >= 11 is 0. The third-order valence-corrected chi connectivity index (χ3v) is 3.66. The molecule has 2 aromatic rings. The van der Waals surface area contributed by atoms with Gasteiger partial charge in [0.1, 0.15) is 0 Å². The van der Waals surface area contributed by atoms with E-state index >= 15 is 0 Å². The number of fused-ring (bicyclic) bond motifs is 2. The number of aryl methyl sites for hydroxylation is 1. The number of anilines is 2. The summed E-state index contributed by atoms with van der Waals surface area (Å²) < 4.78 is 0. The van der Waals surface area contributed by atoms with E-state index in [1.807, 2.05) is 13.8 Å². The van der Waals surface area contributed by atoms with E-state index in [1.54, 1.807) is 0 Å². The minimum absolute atomic E-state index is 0.553. The van der Waals surface area contributed by atoms with Crippen molar-refractivity contribution in [3.63, 3.8) is 0 Å². The number of hydrogen-bond acceptors (Lipinski definition) is 1. The summed E-state index contributed by atoms with van der Waals surface area (Å²) in [5, 5.41) is 3.56. The fourth-order valence-corrected chi connectivity index (χ4v) is 2.45. The van der Waals surface area contributed by atoms with Crippen molar-refractivity contribution in [2.45, 2.75) is 40.5 Å². The van der Waals surface area contributed by atoms with Crippen molar-refractivity contribution in [3.8, 4) is 0 Å². The molecule has 110 valence electrons. The van der Waals surface area contributed by atoms with Crippen molar-refractivity contribution in [3.05, 3.63) is 58.7 Å². The van der Waals surface area contributed by atoms with Crippen LogP contribution < -0.4 is 5.32 Å². The van der Waals surface area contributed by atoms with Gasteiger partial charge in [-0.3, -0.25) is 0 Å². The van der Waals surface area contributed by atoms with E-state index in [-0.39, 0.29) is 0 Å². The molecule has 1 aliphatic heterocycles. The fourth-order valence-electron chi connectivity index (χ4n) is 2.45. The third-order valence-electron chi connectivity index (χ3n) is 3.66. The van der Waals surface area contributed by atoms with Crippen molar-refractivity contribution < 1.29 is 0 Å². The molecule has 0 atom stereocenters. The molecule has 21 heavy (non-hydrogen) atoms. The topological polar surface area (TPSA) is 12.0 Å². The number of benzene rings is 2. The zero-order valence-corrected chi connectivity index (χ0v) is 13.7. The Morgan fingerprint density at radius 2 is 1.52 bits per heavy atom. The van der Waals surface area contributed by atoms with Gasteiger partial charge in [-0.05, 0) is 47.7 Å². The van der Waals surface area contributed by atoms with Crippen LogP contribution in [0.4, 0.5) is 11.4 Å². The standard InChI is InChI=1S/C18H19N.C2H6/c1-12(2)15-7-5-14-6-8-16-10-13(3)4-9-17(16)19-18(14)11-15;1-2/h4-12,19H,1-3H3;1-2H3. The molecule has 0 spiro atoms. The lowest BCUT2D eigenvalue weighted by Crippen LogP contribution is -1.96. The largest absolute Gasteiger partial charge is 0.355 e. The zero-order chi connectivity index (χ0) is 15.4. The molecule has 1 heterocycles. The van der Waals surface area contributed by atoms with Crippen LogP contribution in [0.25, 0.3) is 12.2 Å². The molecular weight excluding hydrogens is 254 g/mol. The van der Waals surface area contributed by atoms with Crippen LogP contribution in [0.3, 0.4) is 0 Å². The Hall–Kier alpha value is -2.02. The predicted molar refractivity (Wildman–Crippen MR) is 95.3 cm³/mol. The zero-order valence-electron chi connectivity index (χ0n) is 13.7. The number of hydrogen-bond donors (Lipinski definition) is 1. The number of nitrogens with one attached hydrogen (secondary N) is 1. The summed E-state index contributed by atoms with van der Waals surface area (Å²) in [4.78, 5) is 0. The lowest BCUT2D eigenvalue weighted by atomic mass is 10.00. The maximum absolute atomic E-state index is 3.56. The Morgan fingerprint density at radius 1 is 0.810 bits per heavy atom. The highest BCUT2D eigenvalue weighted by Crippen LogP contribution is 2.32. The quantitative estimate of drug-likeness (QED) is 0.545. The van der Waals surface area contributed by atoms with E-state index in [1.165, 1.54) is 33.6 Å². The van der Waals surface area contributed by atoms with Gasteiger partial charge in [0.2, 0.25) is 0 Å². The Kier molecular flexibility index (Phi) is 4.85. The van der Waals surface area contributed by atoms with Gasteiger partial charge in [-0.25, -0.2) is 0 Å². The summed E-state index contributed by atoms with van der Waals surface area (Å²) in [6, 6.07) is 13.2. The van der Waals surface area contributed by atoms with E-state index in [0.717, 1.165) is 0 Å². The summed E-state index contributed by atoms with van der Waals surface area (Å²) in [5.74, 6) is 0.553. The molecule has 0 fully saturated rings. The minimum atomic E-state index is 0.553. The molecule has 0 saturated heterocycles. The summed E-state index contributed by atoms with van der Waals surface area (Å²) in [6.07, 6.45) is 4.38.